The molecule has 90 valence electrons. The lowest BCUT2D eigenvalue weighted by Crippen LogP contribution is -1.98. The zero-order valence-electron chi connectivity index (χ0n) is 10.1. The number of hydrogen-bond acceptors (Lipinski definition) is 3. The Morgan fingerprint density at radius 3 is 2.62 bits per heavy atom. The third kappa shape index (κ3) is 3.59. The van der Waals surface area contributed by atoms with Crippen molar-refractivity contribution in [2.45, 2.75) is 46.5 Å². The molecule has 3 nitrogen and oxygen atoms in total. The molecular weight excluding hydrogens is 222 g/mol. The van der Waals surface area contributed by atoms with Gasteiger partial charge in [-0.3, -0.25) is 0 Å². The van der Waals surface area contributed by atoms with Crippen LogP contribution in [0.1, 0.15) is 54.0 Å². The number of carboxylic acid groups (broad SMARTS) is 1. The molecule has 0 amide bonds. The Morgan fingerprint density at radius 1 is 1.44 bits per heavy atom. The molecule has 0 spiro atoms. The van der Waals surface area contributed by atoms with Crippen LogP contribution in [0.15, 0.2) is 0 Å². The number of aromatic carboxylic acids is 1. The molecule has 0 radical (unpaired) electrons. The molecule has 0 unspecified atom stereocenters. The van der Waals surface area contributed by atoms with E-state index >= 15 is 0 Å². The van der Waals surface area contributed by atoms with Crippen LogP contribution in [0, 0.1) is 5.92 Å². The van der Waals surface area contributed by atoms with Crippen molar-refractivity contribution in [2.24, 2.45) is 5.92 Å². The van der Waals surface area contributed by atoms with Crippen molar-refractivity contribution >= 4 is 17.3 Å². The van der Waals surface area contributed by atoms with Crippen LogP contribution in [-0.2, 0) is 12.8 Å². The topological polar surface area (TPSA) is 50.2 Å². The highest BCUT2D eigenvalue weighted by molar-refractivity contribution is 7.13. The van der Waals surface area contributed by atoms with Crippen LogP contribution in [0.4, 0.5) is 0 Å². The van der Waals surface area contributed by atoms with Crippen LogP contribution < -0.4 is 0 Å². The van der Waals surface area contributed by atoms with Crippen molar-refractivity contribution in [3.8, 4) is 0 Å². The monoisotopic (exact) mass is 241 g/mol. The van der Waals surface area contributed by atoms with Gasteiger partial charge in [0.15, 0.2) is 0 Å². The van der Waals surface area contributed by atoms with Crippen molar-refractivity contribution in [2.75, 3.05) is 0 Å². The van der Waals surface area contributed by atoms with Gasteiger partial charge in [-0.25, -0.2) is 9.78 Å². The number of rotatable bonds is 6. The van der Waals surface area contributed by atoms with Gasteiger partial charge in [0, 0.05) is 0 Å². The van der Waals surface area contributed by atoms with Gasteiger partial charge >= 0.3 is 5.97 Å². The summed E-state index contributed by atoms with van der Waals surface area (Å²) in [5.74, 6) is -0.205. The fourth-order valence-corrected chi connectivity index (χ4v) is 2.46. The fraction of sp³-hybridized carbons (Fsp3) is 0.667. The number of nitrogens with zero attached hydrogens (tertiary/aromatic N) is 1. The van der Waals surface area contributed by atoms with E-state index in [1.54, 1.807) is 0 Å². The molecule has 1 heterocycles. The van der Waals surface area contributed by atoms with E-state index in [1.807, 2.05) is 6.92 Å². The molecule has 1 aromatic rings. The van der Waals surface area contributed by atoms with Crippen LogP contribution in [0.3, 0.4) is 0 Å². The van der Waals surface area contributed by atoms with E-state index in [0.717, 1.165) is 36.4 Å². The Balaban J connectivity index is 2.79. The van der Waals surface area contributed by atoms with Gasteiger partial charge in [0.05, 0.1) is 10.7 Å². The van der Waals surface area contributed by atoms with Crippen LogP contribution in [0.2, 0.25) is 0 Å². The summed E-state index contributed by atoms with van der Waals surface area (Å²) in [6.45, 7) is 6.37. The van der Waals surface area contributed by atoms with Gasteiger partial charge in [-0.2, -0.15) is 0 Å². The summed E-state index contributed by atoms with van der Waals surface area (Å²) in [6, 6.07) is 0. The third-order valence-electron chi connectivity index (χ3n) is 2.36. The summed E-state index contributed by atoms with van der Waals surface area (Å²) < 4.78 is 0. The minimum absolute atomic E-state index is 0.431. The van der Waals surface area contributed by atoms with E-state index in [2.05, 4.69) is 18.8 Å². The zero-order chi connectivity index (χ0) is 12.1. The summed E-state index contributed by atoms with van der Waals surface area (Å²) in [5, 5.41) is 10.0. The van der Waals surface area contributed by atoms with Gasteiger partial charge in [-0.1, -0.05) is 27.2 Å². The molecule has 0 saturated heterocycles. The Morgan fingerprint density at radius 2 is 2.12 bits per heavy atom. The molecule has 0 fully saturated rings. The number of hydrogen-bond donors (Lipinski definition) is 1. The molecule has 0 aliphatic heterocycles. The van der Waals surface area contributed by atoms with E-state index in [-0.39, 0.29) is 0 Å². The van der Waals surface area contributed by atoms with Crippen LogP contribution in [0.25, 0.3) is 0 Å². The quantitative estimate of drug-likeness (QED) is 0.830. The van der Waals surface area contributed by atoms with E-state index in [1.165, 1.54) is 11.3 Å². The molecule has 0 aromatic carbocycles. The van der Waals surface area contributed by atoms with Gasteiger partial charge in [-0.15, -0.1) is 11.3 Å². The van der Waals surface area contributed by atoms with Crippen LogP contribution in [0.5, 0.6) is 0 Å². The molecule has 0 aliphatic carbocycles. The predicted octanol–water partition coefficient (Wildman–Crippen LogP) is 3.38. The highest BCUT2D eigenvalue weighted by Gasteiger charge is 2.16. The average Bonchev–Trinajstić information content (AvgIpc) is 2.59. The zero-order valence-corrected chi connectivity index (χ0v) is 10.9. The highest BCUT2D eigenvalue weighted by Crippen LogP contribution is 2.22. The second kappa shape index (κ2) is 5.99. The minimum Gasteiger partial charge on any atom is -0.477 e. The number of aromatic nitrogens is 1. The minimum atomic E-state index is -0.836. The number of carbonyl (C=O) groups is 1. The van der Waals surface area contributed by atoms with Gasteiger partial charge in [-0.05, 0) is 25.2 Å². The lowest BCUT2D eigenvalue weighted by molar-refractivity contribution is 0.0700. The Kier molecular flexibility index (Phi) is 4.93. The first kappa shape index (κ1) is 13.2. The van der Waals surface area contributed by atoms with Crippen molar-refractivity contribution in [3.63, 3.8) is 0 Å². The lowest BCUT2D eigenvalue weighted by atomic mass is 10.1. The van der Waals surface area contributed by atoms with Gasteiger partial charge in [0.2, 0.25) is 0 Å². The first-order valence-corrected chi connectivity index (χ1v) is 6.58. The summed E-state index contributed by atoms with van der Waals surface area (Å²) in [7, 11) is 0. The lowest BCUT2D eigenvalue weighted by Gasteiger charge is -2.00. The standard InChI is InChI=1S/C12H19NO2S/c1-4-5-9-11(12(14)15)16-10(13-9)7-6-8(2)3/h8H,4-7H2,1-3H3,(H,14,15). The van der Waals surface area contributed by atoms with E-state index < -0.39 is 5.97 Å². The smallest absolute Gasteiger partial charge is 0.347 e. The Bertz CT molecular complexity index is 358. The van der Waals surface area contributed by atoms with Gasteiger partial charge in [0.1, 0.15) is 4.88 Å². The summed E-state index contributed by atoms with van der Waals surface area (Å²) >= 11 is 1.34. The maximum absolute atomic E-state index is 11.0. The normalized spacial score (nSPS) is 11.0. The largest absolute Gasteiger partial charge is 0.477 e. The fourth-order valence-electron chi connectivity index (χ4n) is 1.49. The molecule has 0 bridgehead atoms. The molecule has 1 aromatic heterocycles. The van der Waals surface area contributed by atoms with Crippen LogP contribution >= 0.6 is 11.3 Å². The van der Waals surface area contributed by atoms with Crippen molar-refractivity contribution in [3.05, 3.63) is 15.6 Å². The van der Waals surface area contributed by atoms with Gasteiger partial charge < -0.3 is 5.11 Å². The van der Waals surface area contributed by atoms with Crippen LogP contribution in [-0.4, -0.2) is 16.1 Å². The molecule has 1 N–H and O–H groups in total. The SMILES string of the molecule is CCCc1nc(CCC(C)C)sc1C(=O)O. The molecule has 0 saturated carbocycles. The van der Waals surface area contributed by atoms with E-state index in [0.29, 0.717) is 10.8 Å². The number of thiazole rings is 1. The molecule has 0 atom stereocenters. The summed E-state index contributed by atoms with van der Waals surface area (Å²) in [4.78, 5) is 15.9. The average molecular weight is 241 g/mol. The molecular formula is C12H19NO2S. The Labute approximate surface area is 101 Å². The first-order chi connectivity index (χ1) is 7.54. The second-order valence-electron chi connectivity index (χ2n) is 4.37. The second-order valence-corrected chi connectivity index (χ2v) is 5.45. The predicted molar refractivity (Wildman–Crippen MR) is 66.2 cm³/mol. The van der Waals surface area contributed by atoms with Crippen molar-refractivity contribution in [1.29, 1.82) is 0 Å². The number of aryl methyl sites for hydroxylation is 2. The maximum atomic E-state index is 11.0. The Hall–Kier alpha value is -0.900. The van der Waals surface area contributed by atoms with E-state index in [4.69, 9.17) is 5.11 Å². The van der Waals surface area contributed by atoms with E-state index in [9.17, 15) is 4.79 Å². The maximum Gasteiger partial charge on any atom is 0.347 e. The number of carboxylic acids is 1. The first-order valence-electron chi connectivity index (χ1n) is 5.76. The molecule has 16 heavy (non-hydrogen) atoms. The highest BCUT2D eigenvalue weighted by atomic mass is 32.1. The van der Waals surface area contributed by atoms with Crippen molar-refractivity contribution < 1.29 is 9.90 Å². The molecule has 4 heteroatoms. The molecule has 1 rings (SSSR count). The van der Waals surface area contributed by atoms with Gasteiger partial charge in [0.25, 0.3) is 0 Å². The summed E-state index contributed by atoms with van der Waals surface area (Å²) in [5.41, 5.74) is 0.763. The third-order valence-corrected chi connectivity index (χ3v) is 3.50. The molecule has 0 aliphatic rings. The summed E-state index contributed by atoms with van der Waals surface area (Å²) in [6.07, 6.45) is 3.66. The van der Waals surface area contributed by atoms with Crippen molar-refractivity contribution in [1.82, 2.24) is 4.98 Å².